The molecule has 0 saturated heterocycles. The predicted octanol–water partition coefficient (Wildman–Crippen LogP) is 4.42. The molecule has 0 fully saturated rings. The summed E-state index contributed by atoms with van der Waals surface area (Å²) < 4.78 is 0. The second-order valence-electron chi connectivity index (χ2n) is 6.20. The van der Waals surface area contributed by atoms with Gasteiger partial charge in [0, 0.05) is 0 Å². The van der Waals surface area contributed by atoms with E-state index in [1.165, 1.54) is 64.2 Å². The molecule has 0 heterocycles. The van der Waals surface area contributed by atoms with Gasteiger partial charge in [-0.05, 0) is 12.8 Å². The molecule has 0 aromatic heterocycles. The molecule has 0 bridgehead atoms. The lowest BCUT2D eigenvalue weighted by atomic mass is 10.0. The fourth-order valence-corrected chi connectivity index (χ4v) is 2.49. The summed E-state index contributed by atoms with van der Waals surface area (Å²) in [6, 6.07) is -0.571. The molecule has 2 unspecified atom stereocenters. The van der Waals surface area contributed by atoms with Gasteiger partial charge in [0.15, 0.2) is 0 Å². The van der Waals surface area contributed by atoms with Gasteiger partial charge in [0.25, 0.3) is 0 Å². The summed E-state index contributed by atoms with van der Waals surface area (Å²) in [7, 11) is 0. The van der Waals surface area contributed by atoms with E-state index >= 15 is 0 Å². The first-order chi connectivity index (χ1) is 10.7. The molecule has 0 aromatic carbocycles. The number of aliphatic hydroxyl groups is 1. The fraction of sp³-hybridized carbons (Fsp3) is 0.889. The van der Waals surface area contributed by atoms with E-state index in [1.54, 1.807) is 6.08 Å². The summed E-state index contributed by atoms with van der Waals surface area (Å²) in [6.45, 7) is 2.21. The molecule has 4 N–H and O–H groups in total. The second kappa shape index (κ2) is 16.9. The molecule has 0 radical (unpaired) electrons. The number of hydrogen-bond donors (Lipinski definition) is 3. The SMILES string of the molecule is CCCCCCCCCCCCC/C=C/C(O)C(N)COO. The molecule has 0 aliphatic rings. The first-order valence-electron chi connectivity index (χ1n) is 9.09. The lowest BCUT2D eigenvalue weighted by molar-refractivity contribution is -0.247. The minimum absolute atomic E-state index is 0.0516. The van der Waals surface area contributed by atoms with Crippen molar-refractivity contribution in [2.24, 2.45) is 5.73 Å². The standard InChI is InChI=1S/C18H37NO3/c1-2-3-4-5-6-7-8-9-10-11-12-13-14-15-18(20)17(19)16-22-21/h14-15,17-18,20-21H,2-13,16,19H2,1H3/b15-14+. The van der Waals surface area contributed by atoms with Crippen molar-refractivity contribution >= 4 is 0 Å². The van der Waals surface area contributed by atoms with Crippen LogP contribution in [0.4, 0.5) is 0 Å². The normalized spacial score (nSPS) is 14.5. The van der Waals surface area contributed by atoms with Crippen molar-refractivity contribution in [2.75, 3.05) is 6.61 Å². The van der Waals surface area contributed by atoms with Crippen molar-refractivity contribution in [3.05, 3.63) is 12.2 Å². The molecular formula is C18H37NO3. The van der Waals surface area contributed by atoms with Gasteiger partial charge in [0.05, 0.1) is 18.8 Å². The van der Waals surface area contributed by atoms with Crippen molar-refractivity contribution in [1.29, 1.82) is 0 Å². The van der Waals surface area contributed by atoms with Gasteiger partial charge < -0.3 is 10.8 Å². The van der Waals surface area contributed by atoms with Gasteiger partial charge in [-0.25, -0.2) is 4.89 Å². The summed E-state index contributed by atoms with van der Waals surface area (Å²) in [6.07, 6.45) is 18.6. The maximum absolute atomic E-state index is 9.62. The fourth-order valence-electron chi connectivity index (χ4n) is 2.49. The van der Waals surface area contributed by atoms with Gasteiger partial charge in [-0.15, -0.1) is 0 Å². The molecule has 0 aliphatic heterocycles. The van der Waals surface area contributed by atoms with Crippen LogP contribution >= 0.6 is 0 Å². The van der Waals surface area contributed by atoms with Crippen molar-refractivity contribution in [1.82, 2.24) is 0 Å². The predicted molar refractivity (Wildman–Crippen MR) is 92.8 cm³/mol. The maximum atomic E-state index is 9.62. The molecule has 132 valence electrons. The summed E-state index contributed by atoms with van der Waals surface area (Å²) >= 11 is 0. The molecule has 0 amide bonds. The van der Waals surface area contributed by atoms with Gasteiger partial charge in [0.2, 0.25) is 0 Å². The molecule has 4 nitrogen and oxygen atoms in total. The summed E-state index contributed by atoms with van der Waals surface area (Å²) in [5.74, 6) is 0. The Bertz CT molecular complexity index is 246. The van der Waals surface area contributed by atoms with Crippen LogP contribution in [0.3, 0.4) is 0 Å². The number of rotatable bonds is 16. The van der Waals surface area contributed by atoms with E-state index in [9.17, 15) is 5.11 Å². The summed E-state index contributed by atoms with van der Waals surface area (Å²) in [5, 5.41) is 17.9. The Morgan fingerprint density at radius 2 is 1.41 bits per heavy atom. The zero-order valence-corrected chi connectivity index (χ0v) is 14.4. The van der Waals surface area contributed by atoms with E-state index in [4.69, 9.17) is 11.0 Å². The first-order valence-corrected chi connectivity index (χ1v) is 9.09. The van der Waals surface area contributed by atoms with Crippen LogP contribution in [0.15, 0.2) is 12.2 Å². The monoisotopic (exact) mass is 315 g/mol. The van der Waals surface area contributed by atoms with E-state index in [-0.39, 0.29) is 6.61 Å². The minimum Gasteiger partial charge on any atom is -0.387 e. The Morgan fingerprint density at radius 1 is 0.909 bits per heavy atom. The topological polar surface area (TPSA) is 75.7 Å². The lowest BCUT2D eigenvalue weighted by Gasteiger charge is -2.12. The quantitative estimate of drug-likeness (QED) is 0.170. The zero-order chi connectivity index (χ0) is 16.5. The Kier molecular flexibility index (Phi) is 16.6. The molecule has 0 spiro atoms. The molecule has 0 saturated carbocycles. The third kappa shape index (κ3) is 14.5. The Balaban J connectivity index is 3.26. The van der Waals surface area contributed by atoms with Crippen molar-refractivity contribution in [3.8, 4) is 0 Å². The van der Waals surface area contributed by atoms with Crippen LogP contribution in [0.2, 0.25) is 0 Å². The van der Waals surface area contributed by atoms with Crippen LogP contribution in [0.5, 0.6) is 0 Å². The molecule has 4 heteroatoms. The Labute approximate surface area is 136 Å². The minimum atomic E-state index is -0.750. The number of unbranched alkanes of at least 4 members (excludes halogenated alkanes) is 11. The van der Waals surface area contributed by atoms with E-state index < -0.39 is 12.1 Å². The number of hydrogen-bond acceptors (Lipinski definition) is 4. The smallest absolute Gasteiger partial charge is 0.0999 e. The highest BCUT2D eigenvalue weighted by atomic mass is 17.1. The van der Waals surface area contributed by atoms with Gasteiger partial charge in [-0.2, -0.15) is 0 Å². The van der Waals surface area contributed by atoms with Gasteiger partial charge in [0.1, 0.15) is 0 Å². The van der Waals surface area contributed by atoms with Crippen molar-refractivity contribution < 1.29 is 15.3 Å². The van der Waals surface area contributed by atoms with Crippen molar-refractivity contribution in [3.63, 3.8) is 0 Å². The highest BCUT2D eigenvalue weighted by molar-refractivity contribution is 4.93. The lowest BCUT2D eigenvalue weighted by Crippen LogP contribution is -2.37. The van der Waals surface area contributed by atoms with Crippen LogP contribution in [-0.4, -0.2) is 29.1 Å². The van der Waals surface area contributed by atoms with Crippen LogP contribution in [-0.2, 0) is 4.89 Å². The Hall–Kier alpha value is -0.420. The number of allylic oxidation sites excluding steroid dienone is 1. The molecule has 22 heavy (non-hydrogen) atoms. The van der Waals surface area contributed by atoms with Crippen LogP contribution in [0, 0.1) is 0 Å². The van der Waals surface area contributed by atoms with Crippen LogP contribution in [0.1, 0.15) is 84.0 Å². The zero-order valence-electron chi connectivity index (χ0n) is 14.4. The average molecular weight is 315 g/mol. The van der Waals surface area contributed by atoms with Crippen LogP contribution in [0.25, 0.3) is 0 Å². The highest BCUT2D eigenvalue weighted by Gasteiger charge is 2.10. The van der Waals surface area contributed by atoms with E-state index in [1.807, 2.05) is 6.08 Å². The Morgan fingerprint density at radius 3 is 1.91 bits per heavy atom. The molecular weight excluding hydrogens is 278 g/mol. The molecule has 0 rings (SSSR count). The molecule has 2 atom stereocenters. The third-order valence-electron chi connectivity index (χ3n) is 4.01. The molecule has 0 aliphatic carbocycles. The summed E-state index contributed by atoms with van der Waals surface area (Å²) in [5.41, 5.74) is 5.59. The van der Waals surface area contributed by atoms with E-state index in [0.29, 0.717) is 0 Å². The summed E-state index contributed by atoms with van der Waals surface area (Å²) in [4.78, 5) is 3.92. The molecule has 0 aromatic rings. The third-order valence-corrected chi connectivity index (χ3v) is 4.01. The van der Waals surface area contributed by atoms with Gasteiger partial charge >= 0.3 is 0 Å². The maximum Gasteiger partial charge on any atom is 0.0999 e. The van der Waals surface area contributed by atoms with Gasteiger partial charge in [-0.1, -0.05) is 83.3 Å². The van der Waals surface area contributed by atoms with E-state index in [2.05, 4.69) is 11.8 Å². The number of aliphatic hydroxyl groups excluding tert-OH is 1. The van der Waals surface area contributed by atoms with Crippen molar-refractivity contribution in [2.45, 2.75) is 96.1 Å². The average Bonchev–Trinajstić information content (AvgIpc) is 2.51. The highest BCUT2D eigenvalue weighted by Crippen LogP contribution is 2.12. The largest absolute Gasteiger partial charge is 0.387 e. The second-order valence-corrected chi connectivity index (χ2v) is 6.20. The van der Waals surface area contributed by atoms with Crippen LogP contribution < -0.4 is 5.73 Å². The first kappa shape index (κ1) is 21.6. The van der Waals surface area contributed by atoms with Gasteiger partial charge in [-0.3, -0.25) is 5.26 Å². The van der Waals surface area contributed by atoms with E-state index in [0.717, 1.165) is 12.8 Å². The number of nitrogens with two attached hydrogens (primary N) is 1.